The highest BCUT2D eigenvalue weighted by atomic mass is 32.2. The molecule has 0 unspecified atom stereocenters. The van der Waals surface area contributed by atoms with Gasteiger partial charge >= 0.3 is 5.97 Å². The molecule has 2 rings (SSSR count). The molecule has 0 saturated carbocycles. The third-order valence-corrected chi connectivity index (χ3v) is 4.40. The average molecular weight is 352 g/mol. The Hall–Kier alpha value is -2.31. The van der Waals surface area contributed by atoms with Gasteiger partial charge in [-0.3, -0.25) is 9.62 Å². The van der Waals surface area contributed by atoms with Crippen molar-refractivity contribution in [2.24, 2.45) is 0 Å². The van der Waals surface area contributed by atoms with Gasteiger partial charge in [0.05, 0.1) is 23.6 Å². The summed E-state index contributed by atoms with van der Waals surface area (Å²) in [7, 11) is -3.55. The number of anilines is 2. The molecule has 0 aromatic heterocycles. The molecule has 0 aliphatic carbocycles. The number of carboxylic acid groups (broad SMARTS) is 1. The second-order valence-electron chi connectivity index (χ2n) is 5.65. The fourth-order valence-corrected chi connectivity index (χ4v) is 3.21. The number of nitrogens with one attached hydrogen (secondary N) is 1. The smallest absolute Gasteiger partial charge is 0.337 e. The summed E-state index contributed by atoms with van der Waals surface area (Å²) >= 11 is 0. The predicted molar refractivity (Wildman–Crippen MR) is 90.8 cm³/mol. The van der Waals surface area contributed by atoms with Crippen LogP contribution in [-0.2, 0) is 10.0 Å². The third-order valence-electron chi connectivity index (χ3n) is 3.81. The van der Waals surface area contributed by atoms with Gasteiger partial charge in [-0.1, -0.05) is 0 Å². The van der Waals surface area contributed by atoms with Gasteiger partial charge in [-0.25, -0.2) is 13.2 Å². The van der Waals surface area contributed by atoms with Crippen LogP contribution in [0.15, 0.2) is 18.2 Å². The van der Waals surface area contributed by atoms with E-state index in [-0.39, 0.29) is 11.3 Å². The minimum absolute atomic E-state index is 0.0569. The van der Waals surface area contributed by atoms with Crippen molar-refractivity contribution in [2.75, 3.05) is 48.6 Å². The first-order valence-corrected chi connectivity index (χ1v) is 9.38. The van der Waals surface area contributed by atoms with Crippen LogP contribution in [0.4, 0.5) is 11.4 Å². The van der Waals surface area contributed by atoms with E-state index in [1.54, 1.807) is 6.07 Å². The number of hydrogen-bond acceptors (Lipinski definition) is 6. The van der Waals surface area contributed by atoms with E-state index in [0.29, 0.717) is 6.42 Å². The van der Waals surface area contributed by atoms with Crippen LogP contribution in [-0.4, -0.2) is 63.4 Å². The van der Waals surface area contributed by atoms with Gasteiger partial charge < -0.3 is 10.0 Å². The number of nitrogens with zero attached hydrogens (tertiary/aromatic N) is 3. The zero-order valence-electron chi connectivity index (χ0n) is 13.4. The van der Waals surface area contributed by atoms with E-state index in [2.05, 4.69) is 20.6 Å². The van der Waals surface area contributed by atoms with Crippen molar-refractivity contribution in [1.82, 2.24) is 4.90 Å². The molecule has 0 bridgehead atoms. The monoisotopic (exact) mass is 352 g/mol. The van der Waals surface area contributed by atoms with Gasteiger partial charge in [0.1, 0.15) is 0 Å². The molecule has 24 heavy (non-hydrogen) atoms. The van der Waals surface area contributed by atoms with Gasteiger partial charge in [-0.2, -0.15) is 5.26 Å². The maximum Gasteiger partial charge on any atom is 0.337 e. The lowest BCUT2D eigenvalue weighted by Gasteiger charge is -2.36. The maximum absolute atomic E-state index is 11.4. The van der Waals surface area contributed by atoms with E-state index < -0.39 is 16.0 Å². The molecular weight excluding hydrogens is 332 g/mol. The van der Waals surface area contributed by atoms with E-state index in [0.717, 1.165) is 44.7 Å². The number of carbonyl (C=O) groups is 1. The Morgan fingerprint density at radius 2 is 2.00 bits per heavy atom. The van der Waals surface area contributed by atoms with Gasteiger partial charge in [-0.15, -0.1) is 0 Å². The minimum atomic E-state index is -3.55. The fourth-order valence-electron chi connectivity index (χ4n) is 2.63. The third kappa shape index (κ3) is 4.84. The molecule has 1 saturated heterocycles. The van der Waals surface area contributed by atoms with Crippen LogP contribution < -0.4 is 9.62 Å². The number of piperazine rings is 1. The van der Waals surface area contributed by atoms with Gasteiger partial charge in [0.2, 0.25) is 10.0 Å². The van der Waals surface area contributed by atoms with Crippen LogP contribution in [0, 0.1) is 11.3 Å². The summed E-state index contributed by atoms with van der Waals surface area (Å²) in [5.74, 6) is -1.18. The largest absolute Gasteiger partial charge is 0.478 e. The van der Waals surface area contributed by atoms with Crippen molar-refractivity contribution in [1.29, 1.82) is 5.26 Å². The zero-order chi connectivity index (χ0) is 17.7. The molecule has 1 aromatic rings. The molecule has 8 nitrogen and oxygen atoms in total. The topological polar surface area (TPSA) is 114 Å². The summed E-state index contributed by atoms with van der Waals surface area (Å²) in [6.45, 7) is 3.79. The molecule has 0 atom stereocenters. The number of rotatable bonds is 6. The Bertz CT molecular complexity index is 749. The van der Waals surface area contributed by atoms with Crippen LogP contribution in [0.2, 0.25) is 0 Å². The van der Waals surface area contributed by atoms with Crippen molar-refractivity contribution >= 4 is 27.4 Å². The molecule has 0 radical (unpaired) electrons. The standard InChI is InChI=1S/C15H20N4O4S/c1-24(22,23)17-14-4-3-12(11-13(14)15(20)21)19-9-7-18(8-10-19)6-2-5-16/h3-4,11,17H,2,6-10H2,1H3,(H,20,21). The van der Waals surface area contributed by atoms with Crippen LogP contribution >= 0.6 is 0 Å². The molecule has 2 N–H and O–H groups in total. The first-order valence-electron chi connectivity index (χ1n) is 7.49. The molecule has 0 amide bonds. The molecule has 0 spiro atoms. The SMILES string of the molecule is CS(=O)(=O)Nc1ccc(N2CCN(CCC#N)CC2)cc1C(=O)O. The van der Waals surface area contributed by atoms with Crippen molar-refractivity contribution < 1.29 is 18.3 Å². The highest BCUT2D eigenvalue weighted by Crippen LogP contribution is 2.25. The van der Waals surface area contributed by atoms with E-state index in [1.165, 1.54) is 12.1 Å². The van der Waals surface area contributed by atoms with Crippen LogP contribution in [0.1, 0.15) is 16.8 Å². The summed E-state index contributed by atoms with van der Waals surface area (Å²) < 4.78 is 24.9. The molecule has 1 aromatic carbocycles. The van der Waals surface area contributed by atoms with E-state index in [9.17, 15) is 18.3 Å². The second kappa shape index (κ2) is 7.51. The van der Waals surface area contributed by atoms with E-state index in [1.807, 2.05) is 0 Å². The Kier molecular flexibility index (Phi) is 5.64. The lowest BCUT2D eigenvalue weighted by molar-refractivity contribution is 0.0698. The summed E-state index contributed by atoms with van der Waals surface area (Å²) in [5, 5.41) is 18.0. The minimum Gasteiger partial charge on any atom is -0.478 e. The number of aromatic carboxylic acids is 1. The second-order valence-corrected chi connectivity index (χ2v) is 7.39. The number of sulfonamides is 1. The lowest BCUT2D eigenvalue weighted by atomic mass is 10.1. The molecule has 9 heteroatoms. The van der Waals surface area contributed by atoms with Crippen molar-refractivity contribution in [2.45, 2.75) is 6.42 Å². The number of hydrogen-bond donors (Lipinski definition) is 2. The number of nitriles is 1. The highest BCUT2D eigenvalue weighted by Gasteiger charge is 2.20. The van der Waals surface area contributed by atoms with E-state index >= 15 is 0 Å². The van der Waals surface area contributed by atoms with Crippen LogP contribution in [0.5, 0.6) is 0 Å². The van der Waals surface area contributed by atoms with Crippen molar-refractivity contribution in [3.05, 3.63) is 23.8 Å². The van der Waals surface area contributed by atoms with E-state index in [4.69, 9.17) is 5.26 Å². The lowest BCUT2D eigenvalue weighted by Crippen LogP contribution is -2.46. The Morgan fingerprint density at radius 1 is 1.33 bits per heavy atom. The summed E-state index contributed by atoms with van der Waals surface area (Å²) in [4.78, 5) is 15.7. The molecule has 1 heterocycles. The van der Waals surface area contributed by atoms with Crippen LogP contribution in [0.3, 0.4) is 0 Å². The zero-order valence-corrected chi connectivity index (χ0v) is 14.2. The first-order chi connectivity index (χ1) is 11.3. The van der Waals surface area contributed by atoms with Crippen LogP contribution in [0.25, 0.3) is 0 Å². The Morgan fingerprint density at radius 3 is 2.54 bits per heavy atom. The molecule has 1 aliphatic heterocycles. The predicted octanol–water partition coefficient (Wildman–Crippen LogP) is 0.792. The van der Waals surface area contributed by atoms with Gasteiger partial charge in [-0.05, 0) is 18.2 Å². The average Bonchev–Trinajstić information content (AvgIpc) is 2.52. The fraction of sp³-hybridized carbons (Fsp3) is 0.467. The summed E-state index contributed by atoms with van der Waals surface area (Å²) in [6.07, 6.45) is 1.47. The van der Waals surface area contributed by atoms with Gasteiger partial charge in [0.25, 0.3) is 0 Å². The normalized spacial score (nSPS) is 15.8. The molecule has 1 fully saturated rings. The quantitative estimate of drug-likeness (QED) is 0.778. The number of benzene rings is 1. The van der Waals surface area contributed by atoms with Gasteiger partial charge in [0.15, 0.2) is 0 Å². The molecular formula is C15H20N4O4S. The summed E-state index contributed by atoms with van der Waals surface area (Å²) in [5.41, 5.74) is 0.720. The molecule has 1 aliphatic rings. The number of carboxylic acids is 1. The highest BCUT2D eigenvalue weighted by molar-refractivity contribution is 7.92. The summed E-state index contributed by atoms with van der Waals surface area (Å²) in [6, 6.07) is 6.80. The van der Waals surface area contributed by atoms with Gasteiger partial charge in [0, 0.05) is 44.8 Å². The van der Waals surface area contributed by atoms with Crippen molar-refractivity contribution in [3.63, 3.8) is 0 Å². The Balaban J connectivity index is 2.14. The first kappa shape index (κ1) is 18.0. The molecule has 130 valence electrons. The maximum atomic E-state index is 11.4. The Labute approximate surface area is 141 Å². The van der Waals surface area contributed by atoms with Crippen molar-refractivity contribution in [3.8, 4) is 6.07 Å².